The molecule has 23 heavy (non-hydrogen) atoms. The zero-order valence-corrected chi connectivity index (χ0v) is 13.0. The Labute approximate surface area is 134 Å². The highest BCUT2D eigenvalue weighted by Gasteiger charge is 2.22. The molecule has 0 atom stereocenters. The van der Waals surface area contributed by atoms with Gasteiger partial charge in [0.25, 0.3) is 5.91 Å². The molecule has 2 heterocycles. The minimum absolute atomic E-state index is 0.385. The number of aromatic nitrogens is 2. The first-order valence-electron chi connectivity index (χ1n) is 7.50. The highest BCUT2D eigenvalue weighted by molar-refractivity contribution is 5.98. The van der Waals surface area contributed by atoms with Crippen molar-refractivity contribution in [1.29, 1.82) is 0 Å². The Balaban J connectivity index is 2.05. The van der Waals surface area contributed by atoms with Crippen molar-refractivity contribution in [1.82, 2.24) is 15.4 Å². The monoisotopic (exact) mass is 313 g/mol. The quantitative estimate of drug-likeness (QED) is 0.503. The lowest BCUT2D eigenvalue weighted by Crippen LogP contribution is -2.33. The molecular weight excluding hydrogens is 294 g/mol. The van der Waals surface area contributed by atoms with E-state index in [0.717, 1.165) is 37.2 Å². The van der Waals surface area contributed by atoms with Crippen LogP contribution in [0.2, 0.25) is 0 Å². The Hall–Kier alpha value is -2.67. The summed E-state index contributed by atoms with van der Waals surface area (Å²) in [5, 5.41) is 0. The molecule has 1 aliphatic heterocycles. The number of methoxy groups -OCH3 is 1. The minimum atomic E-state index is -0.385. The van der Waals surface area contributed by atoms with Crippen LogP contribution < -0.4 is 20.9 Å². The summed E-state index contributed by atoms with van der Waals surface area (Å²) in [7, 11) is 1.62. The van der Waals surface area contributed by atoms with Gasteiger partial charge >= 0.3 is 0 Å². The summed E-state index contributed by atoms with van der Waals surface area (Å²) in [5.41, 5.74) is 3.38. The molecule has 0 spiro atoms. The number of ether oxygens (including phenoxy) is 1. The van der Waals surface area contributed by atoms with Crippen LogP contribution in [0.5, 0.6) is 5.75 Å². The van der Waals surface area contributed by atoms with Crippen molar-refractivity contribution >= 4 is 11.7 Å². The molecule has 3 N–H and O–H groups in total. The summed E-state index contributed by atoms with van der Waals surface area (Å²) in [6.45, 7) is 1.75. The summed E-state index contributed by atoms with van der Waals surface area (Å²) in [6, 6.07) is 7.52. The van der Waals surface area contributed by atoms with Crippen molar-refractivity contribution in [3.05, 3.63) is 36.0 Å². The minimum Gasteiger partial charge on any atom is -0.497 e. The van der Waals surface area contributed by atoms with E-state index in [4.69, 9.17) is 10.6 Å². The van der Waals surface area contributed by atoms with Gasteiger partial charge in [-0.1, -0.05) is 12.1 Å². The fourth-order valence-corrected chi connectivity index (χ4v) is 2.68. The van der Waals surface area contributed by atoms with Crippen LogP contribution in [-0.2, 0) is 0 Å². The Morgan fingerprint density at radius 1 is 1.35 bits per heavy atom. The Bertz CT molecular complexity index is 713. The van der Waals surface area contributed by atoms with E-state index in [2.05, 4.69) is 20.3 Å². The fourth-order valence-electron chi connectivity index (χ4n) is 2.68. The summed E-state index contributed by atoms with van der Waals surface area (Å²) in [5.74, 6) is 6.80. The molecule has 7 nitrogen and oxygen atoms in total. The SMILES string of the molecule is COc1cccc(-c2ncc(C(=O)NN)c(N3CCCC3)n2)c1. The number of benzene rings is 1. The van der Waals surface area contributed by atoms with Crippen molar-refractivity contribution in [3.8, 4) is 17.1 Å². The maximum absolute atomic E-state index is 12.0. The van der Waals surface area contributed by atoms with E-state index >= 15 is 0 Å². The lowest BCUT2D eigenvalue weighted by Gasteiger charge is -2.19. The topological polar surface area (TPSA) is 93.4 Å². The average Bonchev–Trinajstić information content (AvgIpc) is 3.15. The van der Waals surface area contributed by atoms with E-state index in [9.17, 15) is 4.79 Å². The van der Waals surface area contributed by atoms with Gasteiger partial charge in [-0.2, -0.15) is 0 Å². The van der Waals surface area contributed by atoms with Crippen LogP contribution in [-0.4, -0.2) is 36.1 Å². The second-order valence-corrected chi connectivity index (χ2v) is 5.33. The van der Waals surface area contributed by atoms with Crippen LogP contribution >= 0.6 is 0 Å². The second kappa shape index (κ2) is 6.62. The van der Waals surface area contributed by atoms with E-state index in [0.29, 0.717) is 17.2 Å². The first-order chi connectivity index (χ1) is 11.2. The van der Waals surface area contributed by atoms with Crippen molar-refractivity contribution < 1.29 is 9.53 Å². The lowest BCUT2D eigenvalue weighted by atomic mass is 10.2. The van der Waals surface area contributed by atoms with Crippen LogP contribution in [0.25, 0.3) is 11.4 Å². The zero-order chi connectivity index (χ0) is 16.2. The van der Waals surface area contributed by atoms with Gasteiger partial charge in [0.2, 0.25) is 0 Å². The number of nitrogens with one attached hydrogen (secondary N) is 1. The molecule has 0 bridgehead atoms. The van der Waals surface area contributed by atoms with E-state index in [1.807, 2.05) is 24.3 Å². The van der Waals surface area contributed by atoms with Gasteiger partial charge in [0, 0.05) is 24.8 Å². The summed E-state index contributed by atoms with van der Waals surface area (Å²) in [4.78, 5) is 23.0. The molecule has 1 saturated heterocycles. The first kappa shape index (κ1) is 15.2. The number of hydrogen-bond acceptors (Lipinski definition) is 6. The molecule has 0 radical (unpaired) electrons. The highest BCUT2D eigenvalue weighted by Crippen LogP contribution is 2.26. The number of nitrogens with zero attached hydrogens (tertiary/aromatic N) is 3. The van der Waals surface area contributed by atoms with Crippen LogP contribution in [0, 0.1) is 0 Å². The molecular formula is C16H19N5O2. The predicted octanol–water partition coefficient (Wildman–Crippen LogP) is 1.36. The molecule has 1 aliphatic rings. The van der Waals surface area contributed by atoms with Crippen LogP contribution in [0.3, 0.4) is 0 Å². The standard InChI is InChI=1S/C16H19N5O2/c1-23-12-6-4-5-11(9-12)14-18-10-13(16(22)20-17)15(19-14)21-7-2-3-8-21/h4-6,9-10H,2-3,7-8,17H2,1H3,(H,20,22). The van der Waals surface area contributed by atoms with E-state index in [1.54, 1.807) is 7.11 Å². The predicted molar refractivity (Wildman–Crippen MR) is 87.1 cm³/mol. The third-order valence-corrected chi connectivity index (χ3v) is 3.88. The Morgan fingerprint density at radius 2 is 2.13 bits per heavy atom. The summed E-state index contributed by atoms with van der Waals surface area (Å²) in [6.07, 6.45) is 3.70. The number of nitrogens with two attached hydrogens (primary N) is 1. The molecule has 2 aromatic rings. The third kappa shape index (κ3) is 3.09. The fraction of sp³-hybridized carbons (Fsp3) is 0.312. The number of nitrogen functional groups attached to an aromatic ring is 1. The van der Waals surface area contributed by atoms with E-state index < -0.39 is 0 Å². The normalized spacial score (nSPS) is 13.9. The van der Waals surface area contributed by atoms with Gasteiger partial charge in [-0.15, -0.1) is 0 Å². The number of hydrogen-bond donors (Lipinski definition) is 2. The van der Waals surface area contributed by atoms with Gasteiger partial charge in [-0.3, -0.25) is 10.2 Å². The van der Waals surface area contributed by atoms with Crippen molar-refractivity contribution in [2.24, 2.45) is 5.84 Å². The van der Waals surface area contributed by atoms with Gasteiger partial charge in [0.1, 0.15) is 17.1 Å². The molecule has 1 aromatic carbocycles. The molecule has 3 rings (SSSR count). The molecule has 120 valence electrons. The highest BCUT2D eigenvalue weighted by atomic mass is 16.5. The van der Waals surface area contributed by atoms with Gasteiger partial charge in [-0.25, -0.2) is 15.8 Å². The largest absolute Gasteiger partial charge is 0.497 e. The smallest absolute Gasteiger partial charge is 0.270 e. The number of carbonyl (C=O) groups is 1. The molecule has 1 fully saturated rings. The zero-order valence-electron chi connectivity index (χ0n) is 13.0. The molecule has 0 aliphatic carbocycles. The first-order valence-corrected chi connectivity index (χ1v) is 7.50. The molecule has 0 saturated carbocycles. The summed E-state index contributed by atoms with van der Waals surface area (Å²) >= 11 is 0. The third-order valence-electron chi connectivity index (χ3n) is 3.88. The van der Waals surface area contributed by atoms with Gasteiger partial charge in [0.05, 0.1) is 7.11 Å². The summed E-state index contributed by atoms with van der Waals surface area (Å²) < 4.78 is 5.24. The number of anilines is 1. The molecule has 0 unspecified atom stereocenters. The molecule has 1 aromatic heterocycles. The average molecular weight is 313 g/mol. The van der Waals surface area contributed by atoms with Gasteiger partial charge in [-0.05, 0) is 25.0 Å². The van der Waals surface area contributed by atoms with E-state index in [-0.39, 0.29) is 5.91 Å². The second-order valence-electron chi connectivity index (χ2n) is 5.33. The maximum atomic E-state index is 12.0. The molecule has 1 amide bonds. The lowest BCUT2D eigenvalue weighted by molar-refractivity contribution is 0.0953. The van der Waals surface area contributed by atoms with Crippen LogP contribution in [0.4, 0.5) is 5.82 Å². The molecule has 7 heteroatoms. The maximum Gasteiger partial charge on any atom is 0.270 e. The van der Waals surface area contributed by atoms with Crippen molar-refractivity contribution in [3.63, 3.8) is 0 Å². The van der Waals surface area contributed by atoms with Gasteiger partial charge < -0.3 is 9.64 Å². The van der Waals surface area contributed by atoms with Crippen LogP contribution in [0.1, 0.15) is 23.2 Å². The number of hydrazine groups is 1. The van der Waals surface area contributed by atoms with Crippen LogP contribution in [0.15, 0.2) is 30.5 Å². The van der Waals surface area contributed by atoms with Crippen molar-refractivity contribution in [2.75, 3.05) is 25.1 Å². The number of carbonyl (C=O) groups excluding carboxylic acids is 1. The van der Waals surface area contributed by atoms with E-state index in [1.165, 1.54) is 6.20 Å². The number of amides is 1. The number of rotatable bonds is 4. The Kier molecular flexibility index (Phi) is 4.38. The Morgan fingerprint density at radius 3 is 2.83 bits per heavy atom. The van der Waals surface area contributed by atoms with Crippen molar-refractivity contribution in [2.45, 2.75) is 12.8 Å². The van der Waals surface area contributed by atoms with Gasteiger partial charge in [0.15, 0.2) is 5.82 Å².